The lowest BCUT2D eigenvalue weighted by molar-refractivity contribution is 0.597. The highest BCUT2D eigenvalue weighted by Crippen LogP contribution is 2.22. The van der Waals surface area contributed by atoms with E-state index in [1.54, 1.807) is 37.3 Å². The lowest BCUT2D eigenvalue weighted by Crippen LogP contribution is -2.19. The van der Waals surface area contributed by atoms with E-state index in [9.17, 15) is 8.42 Å². The summed E-state index contributed by atoms with van der Waals surface area (Å²) in [6.45, 7) is 3.61. The quantitative estimate of drug-likeness (QED) is 0.444. The number of amidine groups is 1. The largest absolute Gasteiger partial charge is 0.383 e. The summed E-state index contributed by atoms with van der Waals surface area (Å²) >= 11 is 0. The maximum atomic E-state index is 11.8. The first-order chi connectivity index (χ1) is 13.7. The van der Waals surface area contributed by atoms with Crippen molar-refractivity contribution in [3.8, 4) is 0 Å². The van der Waals surface area contributed by atoms with Crippen LogP contribution in [0, 0.1) is 19.3 Å². The Labute approximate surface area is 170 Å². The van der Waals surface area contributed by atoms with Gasteiger partial charge in [-0.15, -0.1) is 0 Å². The Hall–Kier alpha value is -3.29. The number of primary sulfonamides is 1. The molecule has 3 aromatic rings. The molecule has 0 unspecified atom stereocenters. The van der Waals surface area contributed by atoms with Crippen molar-refractivity contribution in [2.75, 3.05) is 0 Å². The molecule has 0 radical (unpaired) electrons. The standard InChI is InChI=1S/C22H22N4O2S/c1-14-7-3-6-10-19(14)26-22(24)18-9-5-4-8-17(18)21(23)16-12-11-15(2)20(13-16)29(25,27)28/h3-13,23H,1-2H3,(H2,24,26)(H2,25,27,28). The van der Waals surface area contributed by atoms with Crippen molar-refractivity contribution < 1.29 is 8.42 Å². The second-order valence-corrected chi connectivity index (χ2v) is 8.26. The smallest absolute Gasteiger partial charge is 0.238 e. The van der Waals surface area contributed by atoms with Gasteiger partial charge in [-0.2, -0.15) is 0 Å². The van der Waals surface area contributed by atoms with Gasteiger partial charge in [0.05, 0.1) is 16.3 Å². The van der Waals surface area contributed by atoms with E-state index in [0.717, 1.165) is 11.3 Å². The molecule has 29 heavy (non-hydrogen) atoms. The van der Waals surface area contributed by atoms with E-state index < -0.39 is 10.0 Å². The number of sulfonamides is 1. The van der Waals surface area contributed by atoms with Gasteiger partial charge in [0.25, 0.3) is 0 Å². The fraction of sp³-hybridized carbons (Fsp3) is 0.0909. The molecule has 0 saturated carbocycles. The summed E-state index contributed by atoms with van der Waals surface area (Å²) in [5.74, 6) is 0.276. The van der Waals surface area contributed by atoms with Gasteiger partial charge in [0.15, 0.2) is 0 Å². The second-order valence-electron chi connectivity index (χ2n) is 6.73. The number of aryl methyl sites for hydroxylation is 2. The van der Waals surface area contributed by atoms with Gasteiger partial charge in [0.1, 0.15) is 5.84 Å². The van der Waals surface area contributed by atoms with Crippen LogP contribution in [0.15, 0.2) is 76.6 Å². The monoisotopic (exact) mass is 406 g/mol. The minimum atomic E-state index is -3.89. The predicted molar refractivity (Wildman–Crippen MR) is 116 cm³/mol. The molecule has 5 N–H and O–H groups in total. The molecule has 0 aliphatic carbocycles. The fourth-order valence-electron chi connectivity index (χ4n) is 3.02. The zero-order chi connectivity index (χ0) is 21.2. The average Bonchev–Trinajstić information content (AvgIpc) is 2.68. The Morgan fingerprint density at radius 2 is 1.52 bits per heavy atom. The van der Waals surface area contributed by atoms with Crippen molar-refractivity contribution in [1.82, 2.24) is 0 Å². The van der Waals surface area contributed by atoms with E-state index in [1.165, 1.54) is 6.07 Å². The molecule has 0 bridgehead atoms. The van der Waals surface area contributed by atoms with Crippen molar-refractivity contribution >= 4 is 27.3 Å². The molecule has 0 heterocycles. The van der Waals surface area contributed by atoms with E-state index in [0.29, 0.717) is 22.3 Å². The van der Waals surface area contributed by atoms with E-state index in [1.807, 2.05) is 37.3 Å². The zero-order valence-electron chi connectivity index (χ0n) is 16.2. The van der Waals surface area contributed by atoms with E-state index in [2.05, 4.69) is 4.99 Å². The highest BCUT2D eigenvalue weighted by Gasteiger charge is 2.17. The van der Waals surface area contributed by atoms with E-state index in [4.69, 9.17) is 16.3 Å². The van der Waals surface area contributed by atoms with Gasteiger partial charge in [0, 0.05) is 16.7 Å². The number of aliphatic imine (C=N–C) groups is 1. The highest BCUT2D eigenvalue weighted by atomic mass is 32.2. The lowest BCUT2D eigenvalue weighted by atomic mass is 9.96. The first-order valence-electron chi connectivity index (χ1n) is 8.90. The molecule has 3 rings (SSSR count). The minimum Gasteiger partial charge on any atom is -0.383 e. The van der Waals surface area contributed by atoms with Crippen molar-refractivity contribution in [2.45, 2.75) is 18.7 Å². The third-order valence-corrected chi connectivity index (χ3v) is 5.66. The van der Waals surface area contributed by atoms with Crippen LogP contribution in [-0.2, 0) is 10.0 Å². The molecule has 148 valence electrons. The second kappa shape index (κ2) is 7.98. The van der Waals surface area contributed by atoms with Crippen LogP contribution in [0.25, 0.3) is 0 Å². The predicted octanol–water partition coefficient (Wildman–Crippen LogP) is 3.40. The lowest BCUT2D eigenvalue weighted by Gasteiger charge is -2.13. The van der Waals surface area contributed by atoms with Crippen molar-refractivity contribution in [2.24, 2.45) is 15.9 Å². The summed E-state index contributed by atoms with van der Waals surface area (Å²) in [7, 11) is -3.89. The third kappa shape index (κ3) is 4.42. The normalized spacial score (nSPS) is 12.0. The number of benzene rings is 3. The van der Waals surface area contributed by atoms with Crippen LogP contribution < -0.4 is 10.9 Å². The van der Waals surface area contributed by atoms with Gasteiger partial charge >= 0.3 is 0 Å². The van der Waals surface area contributed by atoms with Crippen LogP contribution in [0.2, 0.25) is 0 Å². The highest BCUT2D eigenvalue weighted by molar-refractivity contribution is 7.89. The molecule has 0 aromatic heterocycles. The minimum absolute atomic E-state index is 0.00113. The summed E-state index contributed by atoms with van der Waals surface area (Å²) in [4.78, 5) is 4.52. The number of nitrogens with zero attached hydrogens (tertiary/aromatic N) is 1. The van der Waals surface area contributed by atoms with E-state index >= 15 is 0 Å². The van der Waals surface area contributed by atoms with Crippen molar-refractivity contribution in [1.29, 1.82) is 5.41 Å². The molecule has 0 aliphatic heterocycles. The van der Waals surface area contributed by atoms with Crippen molar-refractivity contribution in [3.63, 3.8) is 0 Å². The van der Waals surface area contributed by atoms with Gasteiger partial charge in [-0.05, 0) is 37.1 Å². The molecular formula is C22H22N4O2S. The summed E-state index contributed by atoms with van der Waals surface area (Å²) in [5.41, 5.74) is 10.2. The molecular weight excluding hydrogens is 384 g/mol. The molecule has 0 spiro atoms. The van der Waals surface area contributed by atoms with Crippen LogP contribution in [0.1, 0.15) is 27.8 Å². The molecule has 0 saturated heterocycles. The third-order valence-electron chi connectivity index (χ3n) is 4.61. The van der Waals surface area contributed by atoms with Gasteiger partial charge in [0.2, 0.25) is 10.0 Å². The Kier molecular flexibility index (Phi) is 5.63. The molecule has 3 aromatic carbocycles. The Balaban J connectivity index is 2.08. The van der Waals surface area contributed by atoms with Crippen LogP contribution >= 0.6 is 0 Å². The number of hydrogen-bond acceptors (Lipinski definition) is 4. The number of para-hydroxylation sites is 1. The van der Waals surface area contributed by atoms with Crippen molar-refractivity contribution in [3.05, 3.63) is 94.5 Å². The summed E-state index contributed by atoms with van der Waals surface area (Å²) in [5, 5.41) is 14.0. The van der Waals surface area contributed by atoms with Gasteiger partial charge in [-0.25, -0.2) is 18.5 Å². The van der Waals surface area contributed by atoms with Crippen LogP contribution in [0.3, 0.4) is 0 Å². The SMILES string of the molecule is Cc1ccccc1N=C(N)c1ccccc1C(=N)c1ccc(C)c(S(N)(=O)=O)c1. The molecule has 0 amide bonds. The average molecular weight is 407 g/mol. The molecule has 6 nitrogen and oxygen atoms in total. The zero-order valence-corrected chi connectivity index (χ0v) is 17.0. The summed E-state index contributed by atoms with van der Waals surface area (Å²) < 4.78 is 23.7. The number of hydrogen-bond donors (Lipinski definition) is 3. The van der Waals surface area contributed by atoms with E-state index in [-0.39, 0.29) is 16.4 Å². The summed E-state index contributed by atoms with van der Waals surface area (Å²) in [6.07, 6.45) is 0. The van der Waals surface area contributed by atoms with Crippen LogP contribution in [0.5, 0.6) is 0 Å². The Bertz CT molecular complexity index is 1230. The van der Waals surface area contributed by atoms with Gasteiger partial charge < -0.3 is 5.73 Å². The number of nitrogens with two attached hydrogens (primary N) is 2. The summed E-state index contributed by atoms with van der Waals surface area (Å²) in [6, 6.07) is 19.5. The van der Waals surface area contributed by atoms with Crippen LogP contribution in [-0.4, -0.2) is 20.0 Å². The van der Waals surface area contributed by atoms with Gasteiger partial charge in [-0.1, -0.05) is 54.6 Å². The first-order valence-corrected chi connectivity index (χ1v) is 10.4. The molecule has 0 aliphatic rings. The molecule has 0 fully saturated rings. The number of rotatable bonds is 5. The molecule has 0 atom stereocenters. The Morgan fingerprint density at radius 1 is 0.897 bits per heavy atom. The van der Waals surface area contributed by atoms with Gasteiger partial charge in [-0.3, -0.25) is 5.41 Å². The maximum Gasteiger partial charge on any atom is 0.238 e. The fourth-order valence-corrected chi connectivity index (χ4v) is 3.83. The number of nitrogens with one attached hydrogen (secondary N) is 1. The van der Waals surface area contributed by atoms with Crippen LogP contribution in [0.4, 0.5) is 5.69 Å². The molecule has 7 heteroatoms. The maximum absolute atomic E-state index is 11.8. The first kappa shape index (κ1) is 20.4. The topological polar surface area (TPSA) is 122 Å². The Morgan fingerprint density at radius 3 is 2.17 bits per heavy atom.